The summed E-state index contributed by atoms with van der Waals surface area (Å²) < 4.78 is 8.08. The molecule has 1 fully saturated rings. The first-order valence-electron chi connectivity index (χ1n) is 8.78. The van der Waals surface area contributed by atoms with Crippen LogP contribution in [-0.2, 0) is 18.3 Å². The van der Waals surface area contributed by atoms with Gasteiger partial charge in [-0.2, -0.15) is 5.10 Å². The van der Waals surface area contributed by atoms with Crippen LogP contribution in [0, 0.1) is 0 Å². The van der Waals surface area contributed by atoms with Gasteiger partial charge < -0.3 is 9.30 Å². The molecule has 0 saturated carbocycles. The molecule has 1 aliphatic rings. The lowest BCUT2D eigenvalue weighted by atomic mass is 10.2. The lowest BCUT2D eigenvalue weighted by Gasteiger charge is -2.31. The van der Waals surface area contributed by atoms with Crippen molar-refractivity contribution in [1.29, 1.82) is 0 Å². The van der Waals surface area contributed by atoms with Crippen molar-refractivity contribution in [1.82, 2.24) is 29.6 Å². The molecule has 1 aromatic carbocycles. The van der Waals surface area contributed by atoms with Crippen LogP contribution in [0.25, 0.3) is 11.0 Å². The summed E-state index contributed by atoms with van der Waals surface area (Å²) in [4.78, 5) is 11.7. The van der Waals surface area contributed by atoms with Gasteiger partial charge in [-0.05, 0) is 12.1 Å². The number of nitrogens with zero attached hydrogens (tertiary/aromatic N) is 5. The Hall–Kier alpha value is -2.25. The van der Waals surface area contributed by atoms with Crippen LogP contribution >= 0.6 is 0 Å². The average molecular weight is 340 g/mol. The van der Waals surface area contributed by atoms with Crippen molar-refractivity contribution in [3.8, 4) is 0 Å². The highest BCUT2D eigenvalue weighted by Gasteiger charge is 2.26. The number of aromatic nitrogens is 5. The molecule has 0 amide bonds. The maximum atomic E-state index is 5.91. The molecule has 0 bridgehead atoms. The van der Waals surface area contributed by atoms with Gasteiger partial charge in [-0.1, -0.05) is 26.0 Å². The summed E-state index contributed by atoms with van der Waals surface area (Å²) in [6.07, 6.45) is -0.0663. The van der Waals surface area contributed by atoms with Gasteiger partial charge in [0.15, 0.2) is 11.6 Å². The minimum absolute atomic E-state index is 0.0663. The molecule has 1 aliphatic heterocycles. The number of fused-ring (bicyclic) bond motifs is 1. The first-order valence-corrected chi connectivity index (χ1v) is 8.78. The number of benzene rings is 1. The molecule has 4 rings (SSSR count). The van der Waals surface area contributed by atoms with E-state index in [-0.39, 0.29) is 6.10 Å². The van der Waals surface area contributed by atoms with Gasteiger partial charge in [0.2, 0.25) is 0 Å². The summed E-state index contributed by atoms with van der Waals surface area (Å²) >= 11 is 0. The Morgan fingerprint density at radius 3 is 2.88 bits per heavy atom. The molecule has 0 spiro atoms. The fraction of sp³-hybridized carbons (Fsp3) is 0.500. The highest BCUT2D eigenvalue weighted by molar-refractivity contribution is 5.75. The number of ether oxygens (including phenoxy) is 1. The van der Waals surface area contributed by atoms with E-state index in [1.807, 2.05) is 6.07 Å². The molecule has 0 aliphatic carbocycles. The number of aromatic amines is 1. The summed E-state index contributed by atoms with van der Waals surface area (Å²) in [5.41, 5.74) is 2.21. The van der Waals surface area contributed by atoms with Crippen LogP contribution in [0.4, 0.5) is 0 Å². The molecule has 1 atom stereocenters. The lowest BCUT2D eigenvalue weighted by molar-refractivity contribution is -0.0379. The number of nitrogens with one attached hydrogen (secondary N) is 1. The van der Waals surface area contributed by atoms with E-state index >= 15 is 0 Å². The van der Waals surface area contributed by atoms with Gasteiger partial charge in [0, 0.05) is 26.1 Å². The van der Waals surface area contributed by atoms with Gasteiger partial charge in [-0.25, -0.2) is 9.97 Å². The van der Waals surface area contributed by atoms with Gasteiger partial charge in [-0.15, -0.1) is 0 Å². The Bertz CT molecular complexity index is 867. The maximum absolute atomic E-state index is 5.91. The molecule has 1 N–H and O–H groups in total. The second-order valence-electron chi connectivity index (χ2n) is 6.90. The molecular weight excluding hydrogens is 316 g/mol. The highest BCUT2D eigenvalue weighted by Crippen LogP contribution is 2.22. The number of imidazole rings is 1. The molecule has 1 saturated heterocycles. The van der Waals surface area contributed by atoms with E-state index in [2.05, 4.69) is 63.7 Å². The minimum Gasteiger partial charge on any atom is -0.368 e. The zero-order valence-corrected chi connectivity index (χ0v) is 14.9. The first kappa shape index (κ1) is 16.2. The standard InChI is InChI=1S/C18H24N6O/c1-12(2)17-20-18(22-21-17)15-10-24(8-9-25-15)11-16-19-13-6-4-5-7-14(13)23(16)3/h4-7,12,15H,8-11H2,1-3H3,(H,20,21,22). The van der Waals surface area contributed by atoms with Crippen molar-refractivity contribution < 1.29 is 4.74 Å². The second-order valence-corrected chi connectivity index (χ2v) is 6.90. The van der Waals surface area contributed by atoms with Crippen LogP contribution in [0.15, 0.2) is 24.3 Å². The molecule has 0 radical (unpaired) electrons. The molecule has 2 aromatic heterocycles. The molecule has 7 nitrogen and oxygen atoms in total. The Labute approximate surface area is 147 Å². The molecule has 3 heterocycles. The van der Waals surface area contributed by atoms with Gasteiger partial charge in [0.05, 0.1) is 24.2 Å². The van der Waals surface area contributed by atoms with Gasteiger partial charge in [0.1, 0.15) is 11.9 Å². The van der Waals surface area contributed by atoms with E-state index < -0.39 is 0 Å². The number of hydrogen-bond acceptors (Lipinski definition) is 5. The molecule has 132 valence electrons. The summed E-state index contributed by atoms with van der Waals surface area (Å²) in [6.45, 7) is 7.35. The van der Waals surface area contributed by atoms with Crippen molar-refractivity contribution in [3.05, 3.63) is 41.7 Å². The van der Waals surface area contributed by atoms with Crippen LogP contribution in [0.3, 0.4) is 0 Å². The number of H-pyrrole nitrogens is 1. The number of morpholine rings is 1. The minimum atomic E-state index is -0.0663. The van der Waals surface area contributed by atoms with Crippen LogP contribution < -0.4 is 0 Å². The van der Waals surface area contributed by atoms with Crippen LogP contribution in [0.2, 0.25) is 0 Å². The van der Waals surface area contributed by atoms with Gasteiger partial charge in [-0.3, -0.25) is 10.00 Å². The normalized spacial score (nSPS) is 19.1. The zero-order chi connectivity index (χ0) is 17.4. The smallest absolute Gasteiger partial charge is 0.155 e. The summed E-state index contributed by atoms with van der Waals surface area (Å²) in [5.74, 6) is 3.04. The van der Waals surface area contributed by atoms with Crippen LogP contribution in [0.1, 0.15) is 43.3 Å². The zero-order valence-electron chi connectivity index (χ0n) is 14.9. The van der Waals surface area contributed by atoms with Crippen LogP contribution in [0.5, 0.6) is 0 Å². The summed E-state index contributed by atoms with van der Waals surface area (Å²) in [5, 5.41) is 7.33. The predicted octanol–water partition coefficient (Wildman–Crippen LogP) is 2.39. The largest absolute Gasteiger partial charge is 0.368 e. The van der Waals surface area contributed by atoms with Gasteiger partial charge in [0.25, 0.3) is 0 Å². The average Bonchev–Trinajstić information content (AvgIpc) is 3.22. The van der Waals surface area contributed by atoms with Crippen molar-refractivity contribution in [2.75, 3.05) is 19.7 Å². The lowest BCUT2D eigenvalue weighted by Crippen LogP contribution is -2.38. The van der Waals surface area contributed by atoms with E-state index in [1.165, 1.54) is 5.52 Å². The molecule has 7 heteroatoms. The number of para-hydroxylation sites is 2. The highest BCUT2D eigenvalue weighted by atomic mass is 16.5. The molecule has 3 aromatic rings. The third-order valence-electron chi connectivity index (χ3n) is 4.74. The fourth-order valence-corrected chi connectivity index (χ4v) is 3.24. The summed E-state index contributed by atoms with van der Waals surface area (Å²) in [7, 11) is 2.08. The maximum Gasteiger partial charge on any atom is 0.155 e. The topological polar surface area (TPSA) is 71.9 Å². The van der Waals surface area contributed by atoms with Crippen molar-refractivity contribution in [2.45, 2.75) is 32.4 Å². The predicted molar refractivity (Wildman–Crippen MR) is 95.2 cm³/mol. The van der Waals surface area contributed by atoms with E-state index in [9.17, 15) is 0 Å². The number of rotatable bonds is 4. The van der Waals surface area contributed by atoms with E-state index in [4.69, 9.17) is 9.72 Å². The third-order valence-corrected chi connectivity index (χ3v) is 4.74. The number of hydrogen-bond donors (Lipinski definition) is 1. The third kappa shape index (κ3) is 3.17. The van der Waals surface area contributed by atoms with Crippen molar-refractivity contribution in [2.24, 2.45) is 7.05 Å². The second kappa shape index (κ2) is 6.57. The fourth-order valence-electron chi connectivity index (χ4n) is 3.24. The first-order chi connectivity index (χ1) is 12.1. The molecular formula is C18H24N6O. The molecule has 25 heavy (non-hydrogen) atoms. The van der Waals surface area contributed by atoms with E-state index in [1.54, 1.807) is 0 Å². The Kier molecular flexibility index (Phi) is 4.27. The summed E-state index contributed by atoms with van der Waals surface area (Å²) in [6, 6.07) is 8.24. The van der Waals surface area contributed by atoms with E-state index in [0.717, 1.165) is 42.6 Å². The van der Waals surface area contributed by atoms with Crippen LogP contribution in [-0.4, -0.2) is 49.3 Å². The molecule has 1 unspecified atom stereocenters. The monoisotopic (exact) mass is 340 g/mol. The van der Waals surface area contributed by atoms with Crippen molar-refractivity contribution >= 4 is 11.0 Å². The SMILES string of the molecule is CC(C)c1n[nH]c(C2CN(Cc3nc4ccccc4n3C)CCO2)n1. The number of aryl methyl sites for hydroxylation is 1. The Balaban J connectivity index is 1.49. The van der Waals surface area contributed by atoms with E-state index in [0.29, 0.717) is 12.5 Å². The quantitative estimate of drug-likeness (QED) is 0.789. The Morgan fingerprint density at radius 1 is 1.28 bits per heavy atom. The Morgan fingerprint density at radius 2 is 2.12 bits per heavy atom. The van der Waals surface area contributed by atoms with Gasteiger partial charge >= 0.3 is 0 Å². The van der Waals surface area contributed by atoms with Crippen molar-refractivity contribution in [3.63, 3.8) is 0 Å².